The van der Waals surface area contributed by atoms with Crippen LogP contribution < -0.4 is 5.32 Å². The zero-order valence-corrected chi connectivity index (χ0v) is 13.9. The minimum atomic E-state index is -0.717. The predicted octanol–water partition coefficient (Wildman–Crippen LogP) is 2.86. The van der Waals surface area contributed by atoms with Crippen molar-refractivity contribution in [2.75, 3.05) is 6.61 Å². The largest absolute Gasteiger partial charge is 0.379 e. The fourth-order valence-corrected chi connectivity index (χ4v) is 2.59. The molecule has 0 bridgehead atoms. The van der Waals surface area contributed by atoms with Crippen molar-refractivity contribution >= 4 is 0 Å². The van der Waals surface area contributed by atoms with E-state index in [0.717, 1.165) is 12.0 Å². The highest BCUT2D eigenvalue weighted by Gasteiger charge is 2.34. The highest BCUT2D eigenvalue weighted by atomic mass is 16.5. The maximum atomic E-state index is 10.1. The molecule has 2 rings (SSSR count). The lowest BCUT2D eigenvalue weighted by molar-refractivity contribution is 0.0228. The van der Waals surface area contributed by atoms with Crippen LogP contribution in [0.15, 0.2) is 24.3 Å². The maximum Gasteiger partial charge on any atom is 0.132 e. The highest BCUT2D eigenvalue weighted by molar-refractivity contribution is 5.37. The first-order valence-corrected chi connectivity index (χ1v) is 8.20. The number of rotatable bonds is 5. The predicted molar refractivity (Wildman–Crippen MR) is 89.5 cm³/mol. The van der Waals surface area contributed by atoms with Crippen molar-refractivity contribution in [1.29, 1.82) is 0 Å². The molecule has 2 N–H and O–H groups in total. The Kier molecular flexibility index (Phi) is 6.02. The first kappa shape index (κ1) is 17.0. The Morgan fingerprint density at radius 2 is 2.05 bits per heavy atom. The van der Waals surface area contributed by atoms with E-state index in [9.17, 15) is 5.11 Å². The summed E-state index contributed by atoms with van der Waals surface area (Å²) in [4.78, 5) is 0. The average molecular weight is 301 g/mol. The molecule has 1 aromatic rings. The average Bonchev–Trinajstić information content (AvgIpc) is 2.87. The maximum absolute atomic E-state index is 10.1. The van der Waals surface area contributed by atoms with Gasteiger partial charge in [0.05, 0.1) is 12.6 Å². The Labute approximate surface area is 134 Å². The van der Waals surface area contributed by atoms with Gasteiger partial charge in [0.15, 0.2) is 0 Å². The molecule has 0 aliphatic carbocycles. The lowest BCUT2D eigenvalue weighted by Crippen LogP contribution is -2.43. The van der Waals surface area contributed by atoms with Gasteiger partial charge in [-0.3, -0.25) is 5.32 Å². The molecule has 0 spiro atoms. The van der Waals surface area contributed by atoms with Gasteiger partial charge in [-0.25, -0.2) is 0 Å². The van der Waals surface area contributed by atoms with Gasteiger partial charge in [-0.1, -0.05) is 43.7 Å². The van der Waals surface area contributed by atoms with Crippen molar-refractivity contribution in [2.24, 2.45) is 0 Å². The summed E-state index contributed by atoms with van der Waals surface area (Å²) in [6.07, 6.45) is 4.18. The van der Waals surface area contributed by atoms with E-state index in [2.05, 4.69) is 36.2 Å². The van der Waals surface area contributed by atoms with Crippen LogP contribution in [0.25, 0.3) is 0 Å². The molecule has 1 heterocycles. The van der Waals surface area contributed by atoms with E-state index < -0.39 is 6.10 Å². The molecule has 22 heavy (non-hydrogen) atoms. The molecular weight excluding hydrogens is 274 g/mol. The molecule has 3 heteroatoms. The van der Waals surface area contributed by atoms with Crippen molar-refractivity contribution in [1.82, 2.24) is 5.32 Å². The number of aryl methyl sites for hydroxylation is 1. The number of hydrogen-bond acceptors (Lipinski definition) is 3. The van der Waals surface area contributed by atoms with Crippen LogP contribution in [0.3, 0.4) is 0 Å². The van der Waals surface area contributed by atoms with E-state index in [1.807, 2.05) is 26.0 Å². The molecule has 3 nitrogen and oxygen atoms in total. The topological polar surface area (TPSA) is 41.5 Å². The number of benzene rings is 1. The van der Waals surface area contributed by atoms with E-state index in [1.165, 1.54) is 24.8 Å². The monoisotopic (exact) mass is 301 g/mol. The van der Waals surface area contributed by atoms with Crippen molar-refractivity contribution in [3.63, 3.8) is 0 Å². The van der Waals surface area contributed by atoms with Gasteiger partial charge in [0.1, 0.15) is 11.8 Å². The van der Waals surface area contributed by atoms with E-state index in [-0.39, 0.29) is 11.8 Å². The molecule has 1 aliphatic heterocycles. The normalized spacial score (nSPS) is 21.2. The molecule has 0 radical (unpaired) electrons. The lowest BCUT2D eigenvalue weighted by Gasteiger charge is -2.18. The number of hydrogen-bond donors (Lipinski definition) is 2. The second-order valence-electron chi connectivity index (χ2n) is 6.44. The highest BCUT2D eigenvalue weighted by Crippen LogP contribution is 2.16. The van der Waals surface area contributed by atoms with E-state index in [0.29, 0.717) is 6.61 Å². The van der Waals surface area contributed by atoms with Crippen molar-refractivity contribution < 1.29 is 9.84 Å². The summed E-state index contributed by atoms with van der Waals surface area (Å²) in [5.41, 5.74) is 1.91. The van der Waals surface area contributed by atoms with Crippen LogP contribution in [-0.4, -0.2) is 29.6 Å². The van der Waals surface area contributed by atoms with E-state index >= 15 is 0 Å². The molecular formula is C19H27NO2. The Hall–Kier alpha value is -1.34. The van der Waals surface area contributed by atoms with Crippen molar-refractivity contribution in [3.05, 3.63) is 35.4 Å². The van der Waals surface area contributed by atoms with E-state index in [1.54, 1.807) is 0 Å². The van der Waals surface area contributed by atoms with Gasteiger partial charge >= 0.3 is 0 Å². The summed E-state index contributed by atoms with van der Waals surface area (Å²) in [5.74, 6) is 5.96. The van der Waals surface area contributed by atoms with Gasteiger partial charge in [-0.15, -0.1) is 0 Å². The van der Waals surface area contributed by atoms with E-state index in [4.69, 9.17) is 4.74 Å². The van der Waals surface area contributed by atoms with Crippen LogP contribution in [0.1, 0.15) is 51.2 Å². The van der Waals surface area contributed by atoms with Gasteiger partial charge in [0.2, 0.25) is 0 Å². The van der Waals surface area contributed by atoms with Crippen LogP contribution in [0.5, 0.6) is 0 Å². The second-order valence-corrected chi connectivity index (χ2v) is 6.44. The molecule has 0 aromatic heterocycles. The molecule has 0 amide bonds. The molecule has 1 fully saturated rings. The van der Waals surface area contributed by atoms with Crippen LogP contribution in [0.4, 0.5) is 0 Å². The summed E-state index contributed by atoms with van der Waals surface area (Å²) >= 11 is 0. The Morgan fingerprint density at radius 1 is 1.32 bits per heavy atom. The molecule has 2 atom stereocenters. The molecule has 0 unspecified atom stereocenters. The third-order valence-corrected chi connectivity index (χ3v) is 3.93. The summed E-state index contributed by atoms with van der Waals surface area (Å²) in [5, 5.41) is 13.4. The number of ether oxygens (including phenoxy) is 1. The van der Waals surface area contributed by atoms with Gasteiger partial charge in [-0.05, 0) is 44.4 Å². The first-order chi connectivity index (χ1) is 10.5. The summed E-state index contributed by atoms with van der Waals surface area (Å²) in [7, 11) is 0. The molecule has 120 valence electrons. The Bertz CT molecular complexity index is 525. The van der Waals surface area contributed by atoms with Crippen molar-refractivity contribution in [2.45, 2.75) is 64.3 Å². The molecule has 0 saturated carbocycles. The SMILES string of the molecule is CCCCCc1ccc(C#C[C@H](O)[C@H]2COC(C)(C)N2)cc1. The minimum absolute atomic E-state index is 0.129. The van der Waals surface area contributed by atoms with Gasteiger partial charge in [-0.2, -0.15) is 0 Å². The van der Waals surface area contributed by atoms with Crippen LogP contribution in [0.2, 0.25) is 0 Å². The van der Waals surface area contributed by atoms with Crippen molar-refractivity contribution in [3.8, 4) is 11.8 Å². The third kappa shape index (κ3) is 5.14. The number of aliphatic hydroxyl groups is 1. The number of aliphatic hydroxyl groups excluding tert-OH is 1. The fraction of sp³-hybridized carbons (Fsp3) is 0.579. The van der Waals surface area contributed by atoms with Gasteiger partial charge in [0, 0.05) is 5.56 Å². The summed E-state index contributed by atoms with van der Waals surface area (Å²) in [6, 6.07) is 8.20. The Morgan fingerprint density at radius 3 is 2.64 bits per heavy atom. The molecule has 1 aromatic carbocycles. The number of unbranched alkanes of at least 4 members (excludes halogenated alkanes) is 2. The first-order valence-electron chi connectivity index (χ1n) is 8.20. The molecule has 1 aliphatic rings. The lowest BCUT2D eigenvalue weighted by atomic mass is 10.1. The van der Waals surface area contributed by atoms with Crippen LogP contribution in [0, 0.1) is 11.8 Å². The smallest absolute Gasteiger partial charge is 0.132 e. The number of nitrogens with one attached hydrogen (secondary N) is 1. The second kappa shape index (κ2) is 7.78. The minimum Gasteiger partial charge on any atom is -0.379 e. The zero-order valence-electron chi connectivity index (χ0n) is 13.9. The van der Waals surface area contributed by atoms with Gasteiger partial charge < -0.3 is 9.84 Å². The quantitative estimate of drug-likeness (QED) is 0.649. The summed E-state index contributed by atoms with van der Waals surface area (Å²) < 4.78 is 5.55. The van der Waals surface area contributed by atoms with Crippen LogP contribution in [-0.2, 0) is 11.2 Å². The van der Waals surface area contributed by atoms with Gasteiger partial charge in [0.25, 0.3) is 0 Å². The summed E-state index contributed by atoms with van der Waals surface area (Å²) in [6.45, 7) is 6.60. The third-order valence-electron chi connectivity index (χ3n) is 3.93. The molecule has 1 saturated heterocycles. The standard InChI is InChI=1S/C19H27NO2/c1-4-5-6-7-15-8-10-16(11-9-15)12-13-18(21)17-14-22-19(2,3)20-17/h8-11,17-18,20-21H,4-7,14H2,1-3H3/t17-,18+/m1/s1. The Balaban J connectivity index is 1.88. The zero-order chi connectivity index (χ0) is 16.0. The van der Waals surface area contributed by atoms with Crippen LogP contribution >= 0.6 is 0 Å². The fourth-order valence-electron chi connectivity index (χ4n) is 2.59.